The molecule has 2 heterocycles. The molecule has 0 atom stereocenters. The number of aryl methyl sites for hydroxylation is 1. The lowest BCUT2D eigenvalue weighted by Gasteiger charge is -2.39. The molecule has 1 saturated heterocycles. The molecule has 108 valence electrons. The van der Waals surface area contributed by atoms with Crippen LogP contribution in [0.2, 0.25) is 0 Å². The van der Waals surface area contributed by atoms with E-state index in [-0.39, 0.29) is 18.4 Å². The van der Waals surface area contributed by atoms with Crippen molar-refractivity contribution in [3.8, 4) is 0 Å². The molecule has 1 aromatic heterocycles. The Balaban J connectivity index is 1.70. The molecule has 2 aliphatic rings. The molecule has 1 N–H and O–H groups in total. The van der Waals surface area contributed by atoms with Crippen molar-refractivity contribution in [2.45, 2.75) is 37.6 Å². The Kier molecular flexibility index (Phi) is 3.23. The zero-order valence-corrected chi connectivity index (χ0v) is 11.8. The van der Waals surface area contributed by atoms with Gasteiger partial charge in [0, 0.05) is 31.9 Å². The van der Waals surface area contributed by atoms with E-state index >= 15 is 0 Å². The van der Waals surface area contributed by atoms with Gasteiger partial charge in [0.2, 0.25) is 11.8 Å². The normalized spacial score (nSPS) is 21.6. The topological polar surface area (TPSA) is 67.2 Å². The molecule has 0 bridgehead atoms. The second-order valence-electron chi connectivity index (χ2n) is 5.76. The van der Waals surface area contributed by atoms with Crippen LogP contribution in [0, 0.1) is 0 Å². The van der Waals surface area contributed by atoms with E-state index in [1.807, 2.05) is 13.1 Å². The molecule has 0 unspecified atom stereocenters. The van der Waals surface area contributed by atoms with Crippen LogP contribution in [0.25, 0.3) is 0 Å². The molecule has 1 aliphatic carbocycles. The Hall–Kier alpha value is -1.85. The standard InChI is InChI=1S/C14H20N4O2/c1-17-11(4-8-15-17)5-9-18-10-12(19)16-14(13(18)20)6-2-3-7-14/h4,8H,2-3,5-7,9-10H2,1H3,(H,16,19). The number of hydrogen-bond donors (Lipinski definition) is 1. The molecule has 0 radical (unpaired) electrons. The fourth-order valence-corrected chi connectivity index (χ4v) is 3.30. The maximum Gasteiger partial charge on any atom is 0.248 e. The number of carbonyl (C=O) groups is 2. The number of piperazine rings is 1. The monoisotopic (exact) mass is 276 g/mol. The van der Waals surface area contributed by atoms with Crippen LogP contribution in [0.3, 0.4) is 0 Å². The molecule has 20 heavy (non-hydrogen) atoms. The van der Waals surface area contributed by atoms with Crippen LogP contribution < -0.4 is 5.32 Å². The van der Waals surface area contributed by atoms with E-state index in [1.54, 1.807) is 15.8 Å². The van der Waals surface area contributed by atoms with Crippen molar-refractivity contribution < 1.29 is 9.59 Å². The molecule has 6 heteroatoms. The first-order valence-electron chi connectivity index (χ1n) is 7.18. The van der Waals surface area contributed by atoms with Gasteiger partial charge in [-0.05, 0) is 18.9 Å². The average Bonchev–Trinajstić information content (AvgIpc) is 3.03. The average molecular weight is 276 g/mol. The SMILES string of the molecule is Cn1nccc1CCN1CC(=O)NC2(CCCC2)C1=O. The van der Waals surface area contributed by atoms with Gasteiger partial charge in [-0.2, -0.15) is 5.10 Å². The van der Waals surface area contributed by atoms with E-state index < -0.39 is 5.54 Å². The van der Waals surface area contributed by atoms with Crippen molar-refractivity contribution in [2.75, 3.05) is 13.1 Å². The van der Waals surface area contributed by atoms with Gasteiger partial charge in [0.05, 0.1) is 6.54 Å². The zero-order valence-electron chi connectivity index (χ0n) is 11.8. The van der Waals surface area contributed by atoms with Crippen molar-refractivity contribution in [3.63, 3.8) is 0 Å². The van der Waals surface area contributed by atoms with E-state index in [9.17, 15) is 9.59 Å². The van der Waals surface area contributed by atoms with Crippen LogP contribution >= 0.6 is 0 Å². The van der Waals surface area contributed by atoms with Crippen LogP contribution in [-0.2, 0) is 23.1 Å². The summed E-state index contributed by atoms with van der Waals surface area (Å²) in [6.07, 6.45) is 6.06. The first-order valence-corrected chi connectivity index (χ1v) is 7.18. The van der Waals surface area contributed by atoms with Crippen molar-refractivity contribution in [1.29, 1.82) is 0 Å². The molecule has 2 amide bonds. The maximum atomic E-state index is 12.6. The fourth-order valence-electron chi connectivity index (χ4n) is 3.30. The summed E-state index contributed by atoms with van der Waals surface area (Å²) >= 11 is 0. The van der Waals surface area contributed by atoms with Gasteiger partial charge in [-0.3, -0.25) is 14.3 Å². The summed E-state index contributed by atoms with van der Waals surface area (Å²) in [5.74, 6) is 0.0632. The molecule has 6 nitrogen and oxygen atoms in total. The van der Waals surface area contributed by atoms with Crippen LogP contribution in [0.5, 0.6) is 0 Å². The van der Waals surface area contributed by atoms with Crippen LogP contribution in [0.1, 0.15) is 31.4 Å². The highest BCUT2D eigenvalue weighted by Gasteiger charge is 2.47. The third kappa shape index (κ3) is 2.19. The van der Waals surface area contributed by atoms with Gasteiger partial charge in [0.15, 0.2) is 0 Å². The van der Waals surface area contributed by atoms with Crippen molar-refractivity contribution >= 4 is 11.8 Å². The Labute approximate surface area is 118 Å². The van der Waals surface area contributed by atoms with E-state index in [0.717, 1.165) is 37.8 Å². The lowest BCUT2D eigenvalue weighted by molar-refractivity contribution is -0.149. The van der Waals surface area contributed by atoms with Gasteiger partial charge >= 0.3 is 0 Å². The first-order chi connectivity index (χ1) is 9.61. The van der Waals surface area contributed by atoms with Gasteiger partial charge in [0.25, 0.3) is 0 Å². The zero-order chi connectivity index (χ0) is 14.2. The number of amides is 2. The fraction of sp³-hybridized carbons (Fsp3) is 0.643. The lowest BCUT2D eigenvalue weighted by Crippen LogP contribution is -2.65. The van der Waals surface area contributed by atoms with Crippen LogP contribution in [-0.4, -0.2) is 45.1 Å². The van der Waals surface area contributed by atoms with Gasteiger partial charge in [-0.15, -0.1) is 0 Å². The summed E-state index contributed by atoms with van der Waals surface area (Å²) in [5, 5.41) is 7.05. The molecule has 2 fully saturated rings. The van der Waals surface area contributed by atoms with Gasteiger partial charge < -0.3 is 10.2 Å². The minimum atomic E-state index is -0.609. The van der Waals surface area contributed by atoms with Crippen molar-refractivity contribution in [2.24, 2.45) is 7.05 Å². The molecule has 3 rings (SSSR count). The number of nitrogens with zero attached hydrogens (tertiary/aromatic N) is 3. The summed E-state index contributed by atoms with van der Waals surface area (Å²) in [6.45, 7) is 0.756. The largest absolute Gasteiger partial charge is 0.340 e. The van der Waals surface area contributed by atoms with Gasteiger partial charge in [-0.25, -0.2) is 0 Å². The predicted molar refractivity (Wildman–Crippen MR) is 72.8 cm³/mol. The summed E-state index contributed by atoms with van der Waals surface area (Å²) in [4.78, 5) is 26.2. The molecular weight excluding hydrogens is 256 g/mol. The van der Waals surface area contributed by atoms with E-state index in [0.29, 0.717) is 6.54 Å². The minimum Gasteiger partial charge on any atom is -0.340 e. The molecular formula is C14H20N4O2. The molecule has 1 spiro atoms. The molecule has 1 aliphatic heterocycles. The van der Waals surface area contributed by atoms with E-state index in [4.69, 9.17) is 0 Å². The van der Waals surface area contributed by atoms with Crippen LogP contribution in [0.4, 0.5) is 0 Å². The molecule has 0 aromatic carbocycles. The third-order valence-electron chi connectivity index (χ3n) is 4.43. The number of carbonyl (C=O) groups excluding carboxylic acids is 2. The van der Waals surface area contributed by atoms with E-state index in [2.05, 4.69) is 10.4 Å². The maximum absolute atomic E-state index is 12.6. The summed E-state index contributed by atoms with van der Waals surface area (Å²) in [6, 6.07) is 1.94. The smallest absolute Gasteiger partial charge is 0.248 e. The Morgan fingerprint density at radius 1 is 1.35 bits per heavy atom. The third-order valence-corrected chi connectivity index (χ3v) is 4.43. The number of hydrogen-bond acceptors (Lipinski definition) is 3. The second-order valence-corrected chi connectivity index (χ2v) is 5.76. The number of nitrogens with one attached hydrogen (secondary N) is 1. The van der Waals surface area contributed by atoms with Gasteiger partial charge in [0.1, 0.15) is 5.54 Å². The van der Waals surface area contributed by atoms with Crippen LogP contribution in [0.15, 0.2) is 12.3 Å². The first kappa shape index (κ1) is 13.1. The highest BCUT2D eigenvalue weighted by molar-refractivity contribution is 5.98. The highest BCUT2D eigenvalue weighted by atomic mass is 16.2. The van der Waals surface area contributed by atoms with Gasteiger partial charge in [-0.1, -0.05) is 12.8 Å². The Morgan fingerprint density at radius 3 is 2.75 bits per heavy atom. The number of rotatable bonds is 3. The Morgan fingerprint density at radius 2 is 2.10 bits per heavy atom. The highest BCUT2D eigenvalue weighted by Crippen LogP contribution is 2.33. The summed E-state index contributed by atoms with van der Waals surface area (Å²) in [7, 11) is 1.89. The van der Waals surface area contributed by atoms with Crippen molar-refractivity contribution in [1.82, 2.24) is 20.0 Å². The number of aromatic nitrogens is 2. The Bertz CT molecular complexity index is 531. The predicted octanol–water partition coefficient (Wildman–Crippen LogP) is 0.234. The van der Waals surface area contributed by atoms with E-state index in [1.165, 1.54) is 0 Å². The lowest BCUT2D eigenvalue weighted by atomic mass is 9.93. The molecule has 1 saturated carbocycles. The summed E-state index contributed by atoms with van der Waals surface area (Å²) in [5.41, 5.74) is 0.464. The minimum absolute atomic E-state index is 0.0310. The quantitative estimate of drug-likeness (QED) is 0.859. The van der Waals surface area contributed by atoms with Crippen molar-refractivity contribution in [3.05, 3.63) is 18.0 Å². The summed E-state index contributed by atoms with van der Waals surface area (Å²) < 4.78 is 1.81. The molecule has 1 aromatic rings. The second kappa shape index (κ2) is 4.92.